The molecule has 0 fully saturated rings. The maximum atomic E-state index is 5.27. The summed E-state index contributed by atoms with van der Waals surface area (Å²) in [6.07, 6.45) is 3.55. The number of rotatable bonds is 6. The maximum absolute atomic E-state index is 5.27. The first-order valence-corrected chi connectivity index (χ1v) is 19.1. The SMILES string of the molecule is c1ccc(-n2c(-c3ccc(/C4=N/c5ncccc5/C(c5ccc(-c6nc7ccccc7n6-c6ccccc6)cc5)=N\c5ncccc54)cc3)nc3ccccc32)cc1. The number of aromatic nitrogens is 6. The number of fused-ring (bicyclic) bond motifs is 4. The first-order chi connectivity index (χ1) is 28.8. The van der Waals surface area contributed by atoms with Crippen LogP contribution >= 0.6 is 0 Å². The topological polar surface area (TPSA) is 86.1 Å². The van der Waals surface area contributed by atoms with E-state index in [9.17, 15) is 0 Å². The van der Waals surface area contributed by atoms with Gasteiger partial charge in [0, 0.05) is 57.1 Å². The molecule has 0 spiro atoms. The number of para-hydroxylation sites is 6. The summed E-state index contributed by atoms with van der Waals surface area (Å²) in [7, 11) is 0. The molecule has 8 nitrogen and oxygen atoms in total. The van der Waals surface area contributed by atoms with Gasteiger partial charge in [-0.05, 0) is 72.8 Å². The summed E-state index contributed by atoms with van der Waals surface area (Å²) in [5.74, 6) is 2.89. The predicted octanol–water partition coefficient (Wildman–Crippen LogP) is 11.1. The Kier molecular flexibility index (Phi) is 7.96. The number of aliphatic imine (C=N–C) groups is 2. The summed E-state index contributed by atoms with van der Waals surface area (Å²) in [6, 6.07) is 61.8. The highest BCUT2D eigenvalue weighted by molar-refractivity contribution is 6.22. The molecule has 0 atom stereocenters. The molecule has 1 aliphatic rings. The smallest absolute Gasteiger partial charge is 0.161 e. The van der Waals surface area contributed by atoms with Crippen LogP contribution in [-0.2, 0) is 0 Å². The van der Waals surface area contributed by atoms with Gasteiger partial charge in [0.25, 0.3) is 0 Å². The standard InChI is InChI=1S/C50H32N8/c1-3-13-37(14-4-1)57-43-21-9-7-19-41(43)53-49(57)35-27-23-33(24-28-35)45-39-17-11-31-51-47(39)56-46(40-18-12-32-52-48(40)55-45)34-25-29-36(30-26-34)50-54-42-20-8-10-22-44(42)58(50)38-15-5-2-6-16-38/h1-32H/b45-39?,46-40?,55-45-,55-48?,56-46-,56-47?. The Morgan fingerprint density at radius 2 is 0.707 bits per heavy atom. The fourth-order valence-electron chi connectivity index (χ4n) is 7.78. The van der Waals surface area contributed by atoms with Gasteiger partial charge in [-0.15, -0.1) is 0 Å². The highest BCUT2D eigenvalue weighted by Gasteiger charge is 2.23. The second kappa shape index (κ2) is 13.9. The van der Waals surface area contributed by atoms with Crippen LogP contribution in [0.2, 0.25) is 0 Å². The molecule has 0 unspecified atom stereocenters. The average molecular weight is 745 g/mol. The molecule has 0 saturated heterocycles. The van der Waals surface area contributed by atoms with Crippen molar-refractivity contribution < 1.29 is 0 Å². The molecule has 0 radical (unpaired) electrons. The Balaban J connectivity index is 0.992. The van der Waals surface area contributed by atoms with Crippen molar-refractivity contribution in [2.24, 2.45) is 9.98 Å². The van der Waals surface area contributed by atoms with Crippen molar-refractivity contribution in [1.29, 1.82) is 0 Å². The van der Waals surface area contributed by atoms with Crippen molar-refractivity contribution in [1.82, 2.24) is 29.1 Å². The first kappa shape index (κ1) is 33.3. The predicted molar refractivity (Wildman–Crippen MR) is 232 cm³/mol. The van der Waals surface area contributed by atoms with Crippen LogP contribution in [-0.4, -0.2) is 40.5 Å². The van der Waals surface area contributed by atoms with Gasteiger partial charge in [-0.2, -0.15) is 0 Å². The second-order valence-electron chi connectivity index (χ2n) is 14.0. The van der Waals surface area contributed by atoms with Gasteiger partial charge in [-0.25, -0.2) is 29.9 Å². The van der Waals surface area contributed by atoms with Crippen molar-refractivity contribution >= 4 is 45.1 Å². The molecule has 10 aromatic rings. The van der Waals surface area contributed by atoms with Gasteiger partial charge in [0.2, 0.25) is 0 Å². The molecule has 5 heterocycles. The molecule has 1 aliphatic heterocycles. The zero-order valence-electron chi connectivity index (χ0n) is 31.1. The Morgan fingerprint density at radius 1 is 0.328 bits per heavy atom. The summed E-state index contributed by atoms with van der Waals surface area (Å²) < 4.78 is 4.42. The van der Waals surface area contributed by atoms with Crippen molar-refractivity contribution in [3.63, 3.8) is 0 Å². The molecule has 272 valence electrons. The van der Waals surface area contributed by atoms with Crippen LogP contribution < -0.4 is 0 Å². The summed E-state index contributed by atoms with van der Waals surface area (Å²) >= 11 is 0. The third-order valence-electron chi connectivity index (χ3n) is 10.5. The third-order valence-corrected chi connectivity index (χ3v) is 10.5. The normalized spacial score (nSPS) is 14.1. The van der Waals surface area contributed by atoms with Gasteiger partial charge in [-0.1, -0.05) is 109 Å². The zero-order valence-corrected chi connectivity index (χ0v) is 31.1. The summed E-state index contributed by atoms with van der Waals surface area (Å²) in [4.78, 5) is 30.3. The lowest BCUT2D eigenvalue weighted by atomic mass is 9.97. The Bertz CT molecular complexity index is 2980. The van der Waals surface area contributed by atoms with Gasteiger partial charge in [-0.3, -0.25) is 9.13 Å². The van der Waals surface area contributed by atoms with E-state index in [1.165, 1.54) is 0 Å². The van der Waals surface area contributed by atoms with Crippen LogP contribution in [0.4, 0.5) is 11.6 Å². The van der Waals surface area contributed by atoms with Crippen LogP contribution in [0.5, 0.6) is 0 Å². The lowest BCUT2D eigenvalue weighted by Gasteiger charge is -2.17. The minimum atomic E-state index is 0.579. The largest absolute Gasteiger partial charge is 0.292 e. The molecule has 4 aromatic heterocycles. The number of pyridine rings is 2. The van der Waals surface area contributed by atoms with Crippen molar-refractivity contribution in [2.75, 3.05) is 0 Å². The molecule has 0 amide bonds. The average Bonchev–Trinajstić information content (AvgIpc) is 3.88. The molecule has 0 bridgehead atoms. The number of benzene rings is 6. The van der Waals surface area contributed by atoms with Gasteiger partial charge in [0.05, 0.1) is 33.5 Å². The lowest BCUT2D eigenvalue weighted by molar-refractivity contribution is 1.10. The Hall–Kier alpha value is -8.10. The Morgan fingerprint density at radius 3 is 1.14 bits per heavy atom. The molecule has 0 aliphatic carbocycles. The fourth-order valence-corrected chi connectivity index (χ4v) is 7.78. The third kappa shape index (κ3) is 5.70. The van der Waals surface area contributed by atoms with Crippen LogP contribution in [0.15, 0.2) is 204 Å². The van der Waals surface area contributed by atoms with E-state index in [1.807, 2.05) is 60.7 Å². The monoisotopic (exact) mass is 744 g/mol. The number of nitrogens with zero attached hydrogens (tertiary/aromatic N) is 8. The maximum Gasteiger partial charge on any atom is 0.161 e. The minimum absolute atomic E-state index is 0.579. The van der Waals surface area contributed by atoms with Crippen LogP contribution in [0.25, 0.3) is 56.2 Å². The quantitative estimate of drug-likeness (QED) is 0.170. The van der Waals surface area contributed by atoms with Crippen molar-refractivity contribution in [3.8, 4) is 34.2 Å². The van der Waals surface area contributed by atoms with E-state index in [2.05, 4.69) is 130 Å². The van der Waals surface area contributed by atoms with Crippen molar-refractivity contribution in [3.05, 3.63) is 217 Å². The minimum Gasteiger partial charge on any atom is -0.292 e. The lowest BCUT2D eigenvalue weighted by Crippen LogP contribution is -2.11. The van der Waals surface area contributed by atoms with Gasteiger partial charge in [0.15, 0.2) is 11.6 Å². The first-order valence-electron chi connectivity index (χ1n) is 19.1. The van der Waals surface area contributed by atoms with E-state index < -0.39 is 0 Å². The molecule has 8 heteroatoms. The van der Waals surface area contributed by atoms with Crippen LogP contribution in [0.3, 0.4) is 0 Å². The highest BCUT2D eigenvalue weighted by Crippen LogP contribution is 2.34. The molecular weight excluding hydrogens is 713 g/mol. The van der Waals surface area contributed by atoms with E-state index in [0.29, 0.717) is 11.6 Å². The summed E-state index contributed by atoms with van der Waals surface area (Å²) in [5.41, 5.74) is 13.0. The number of hydrogen-bond acceptors (Lipinski definition) is 6. The van der Waals surface area contributed by atoms with Gasteiger partial charge in [0.1, 0.15) is 11.6 Å². The molecule has 0 N–H and O–H groups in total. The van der Waals surface area contributed by atoms with Crippen LogP contribution in [0, 0.1) is 0 Å². The van der Waals surface area contributed by atoms with Gasteiger partial charge < -0.3 is 0 Å². The number of imidazole rings is 2. The van der Waals surface area contributed by atoms with Crippen LogP contribution in [0.1, 0.15) is 22.3 Å². The van der Waals surface area contributed by atoms with E-state index in [-0.39, 0.29) is 0 Å². The second-order valence-corrected chi connectivity index (χ2v) is 14.0. The van der Waals surface area contributed by atoms with E-state index >= 15 is 0 Å². The molecular formula is C50H32N8. The fraction of sp³-hybridized carbons (Fsp3) is 0. The van der Waals surface area contributed by atoms with E-state index in [0.717, 1.165) is 89.9 Å². The van der Waals surface area contributed by atoms with Gasteiger partial charge >= 0.3 is 0 Å². The van der Waals surface area contributed by atoms with Crippen molar-refractivity contribution in [2.45, 2.75) is 0 Å². The molecule has 58 heavy (non-hydrogen) atoms. The summed E-state index contributed by atoms with van der Waals surface area (Å²) in [6.45, 7) is 0. The van der Waals surface area contributed by atoms with E-state index in [1.54, 1.807) is 12.4 Å². The molecule has 0 saturated carbocycles. The number of hydrogen-bond donors (Lipinski definition) is 0. The zero-order chi connectivity index (χ0) is 38.4. The van der Waals surface area contributed by atoms with E-state index in [4.69, 9.17) is 29.9 Å². The highest BCUT2D eigenvalue weighted by atomic mass is 15.1. The molecule has 6 aromatic carbocycles. The Labute approximate surface area is 333 Å². The molecule has 11 rings (SSSR count). The summed E-state index contributed by atoms with van der Waals surface area (Å²) in [5, 5.41) is 0.